The Bertz CT molecular complexity index is 947. The van der Waals surface area contributed by atoms with Crippen LogP contribution in [0.2, 0.25) is 0 Å². The van der Waals surface area contributed by atoms with Gasteiger partial charge in [0.1, 0.15) is 5.82 Å². The zero-order valence-electron chi connectivity index (χ0n) is 16.9. The molecule has 0 spiro atoms. The molecule has 5 nitrogen and oxygen atoms in total. The van der Waals surface area contributed by atoms with Gasteiger partial charge in [-0.05, 0) is 58.0 Å². The molecule has 2 aromatic rings. The lowest BCUT2D eigenvalue weighted by Crippen LogP contribution is -2.41. The number of carbonyl (C=O) groups excluding carboxylic acids is 1. The zero-order chi connectivity index (χ0) is 22.3. The minimum atomic E-state index is -4.53. The van der Waals surface area contributed by atoms with Crippen LogP contribution in [0.4, 0.5) is 33.7 Å². The Balaban J connectivity index is 1.69. The van der Waals surface area contributed by atoms with Crippen LogP contribution in [0.3, 0.4) is 0 Å². The zero-order valence-corrected chi connectivity index (χ0v) is 16.9. The molecular weight excluding hydrogens is 403 g/mol. The van der Waals surface area contributed by atoms with Crippen molar-refractivity contribution in [3.63, 3.8) is 0 Å². The van der Waals surface area contributed by atoms with Crippen LogP contribution in [0.15, 0.2) is 42.5 Å². The largest absolute Gasteiger partial charge is 0.497 e. The number of rotatable bonds is 3. The number of benzene rings is 2. The molecule has 0 bridgehead atoms. The Hall–Kier alpha value is -2.59. The highest BCUT2D eigenvalue weighted by Crippen LogP contribution is 2.36. The summed E-state index contributed by atoms with van der Waals surface area (Å²) < 4.78 is 64.5. The van der Waals surface area contributed by atoms with Gasteiger partial charge in [0, 0.05) is 16.8 Å². The first-order valence-electron chi connectivity index (χ1n) is 9.19. The number of halogens is 4. The Morgan fingerprint density at radius 2 is 1.50 bits per heavy atom. The molecule has 3 rings (SSSR count). The SMILES string of the molecule is CC1(C)OB(c2ccc(NC(=O)Nc3cccc(C(F)(F)F)c3)cc2F)OC1(C)C. The van der Waals surface area contributed by atoms with Crippen LogP contribution < -0.4 is 16.1 Å². The molecule has 0 aliphatic carbocycles. The van der Waals surface area contributed by atoms with Crippen LogP contribution in [0, 0.1) is 5.82 Å². The minimum absolute atomic E-state index is 0.0448. The van der Waals surface area contributed by atoms with E-state index in [0.29, 0.717) is 0 Å². The van der Waals surface area contributed by atoms with Crippen LogP contribution in [-0.4, -0.2) is 24.4 Å². The average molecular weight is 424 g/mol. The molecule has 160 valence electrons. The summed E-state index contributed by atoms with van der Waals surface area (Å²) in [6.07, 6.45) is -4.53. The second-order valence-corrected chi connectivity index (χ2v) is 7.98. The molecule has 0 saturated carbocycles. The van der Waals surface area contributed by atoms with Gasteiger partial charge in [-0.1, -0.05) is 12.1 Å². The monoisotopic (exact) mass is 424 g/mol. The third-order valence-corrected chi connectivity index (χ3v) is 5.21. The molecule has 1 fully saturated rings. The smallest absolute Gasteiger partial charge is 0.399 e. The van der Waals surface area contributed by atoms with E-state index in [1.807, 2.05) is 27.7 Å². The Morgan fingerprint density at radius 1 is 0.933 bits per heavy atom. The molecule has 30 heavy (non-hydrogen) atoms. The van der Waals surface area contributed by atoms with Crippen LogP contribution in [-0.2, 0) is 15.5 Å². The van der Waals surface area contributed by atoms with Crippen molar-refractivity contribution in [2.75, 3.05) is 10.6 Å². The Kier molecular flexibility index (Phi) is 5.59. The van der Waals surface area contributed by atoms with Crippen molar-refractivity contribution < 1.29 is 31.7 Å². The summed E-state index contributed by atoms with van der Waals surface area (Å²) >= 11 is 0. The number of anilines is 2. The molecule has 0 aromatic heterocycles. The highest BCUT2D eigenvalue weighted by molar-refractivity contribution is 6.62. The van der Waals surface area contributed by atoms with Gasteiger partial charge in [0.15, 0.2) is 0 Å². The van der Waals surface area contributed by atoms with E-state index >= 15 is 0 Å². The third kappa shape index (κ3) is 4.60. The Labute approximate surface area is 171 Å². The van der Waals surface area contributed by atoms with Gasteiger partial charge in [-0.15, -0.1) is 0 Å². The highest BCUT2D eigenvalue weighted by Gasteiger charge is 2.52. The number of urea groups is 1. The average Bonchev–Trinajstić information content (AvgIpc) is 2.81. The first kappa shape index (κ1) is 22.1. The van der Waals surface area contributed by atoms with Crippen molar-refractivity contribution in [3.05, 3.63) is 53.8 Å². The predicted molar refractivity (Wildman–Crippen MR) is 106 cm³/mol. The molecule has 2 amide bonds. The molecule has 2 N–H and O–H groups in total. The summed E-state index contributed by atoms with van der Waals surface area (Å²) in [6, 6.07) is 7.36. The maximum Gasteiger partial charge on any atom is 0.497 e. The van der Waals surface area contributed by atoms with Crippen molar-refractivity contribution >= 4 is 30.0 Å². The summed E-state index contributed by atoms with van der Waals surface area (Å²) in [5.41, 5.74) is -1.90. The molecule has 0 radical (unpaired) electrons. The molecule has 1 aliphatic rings. The fourth-order valence-electron chi connectivity index (χ4n) is 2.83. The van der Waals surface area contributed by atoms with Gasteiger partial charge >= 0.3 is 19.3 Å². The number of hydrogen-bond donors (Lipinski definition) is 2. The quantitative estimate of drug-likeness (QED) is 0.551. The van der Waals surface area contributed by atoms with Gasteiger partial charge in [-0.3, -0.25) is 0 Å². The third-order valence-electron chi connectivity index (χ3n) is 5.21. The number of carbonyl (C=O) groups is 1. The maximum atomic E-state index is 14.6. The molecular formula is C20H21BF4N2O3. The number of nitrogens with one attached hydrogen (secondary N) is 2. The van der Waals surface area contributed by atoms with Crippen LogP contribution in [0.25, 0.3) is 0 Å². The van der Waals surface area contributed by atoms with Gasteiger partial charge in [0.05, 0.1) is 16.8 Å². The second-order valence-electron chi connectivity index (χ2n) is 7.98. The minimum Gasteiger partial charge on any atom is -0.399 e. The lowest BCUT2D eigenvalue weighted by atomic mass is 9.78. The molecule has 1 aliphatic heterocycles. The first-order chi connectivity index (χ1) is 13.8. The van der Waals surface area contributed by atoms with E-state index in [9.17, 15) is 22.4 Å². The summed E-state index contributed by atoms with van der Waals surface area (Å²) in [4.78, 5) is 12.1. The number of alkyl halides is 3. The molecule has 0 unspecified atom stereocenters. The standard InChI is InChI=1S/C20H21BF4N2O3/c1-18(2)19(3,4)30-21(29-18)15-9-8-14(11-16(15)22)27-17(28)26-13-7-5-6-12(10-13)20(23,24)25/h5-11H,1-4H3,(H2,26,27,28). The molecule has 1 heterocycles. The van der Waals surface area contributed by atoms with Gasteiger partial charge < -0.3 is 19.9 Å². The maximum absolute atomic E-state index is 14.6. The van der Waals surface area contributed by atoms with Crippen molar-refractivity contribution in [3.8, 4) is 0 Å². The Morgan fingerprint density at radius 3 is 2.03 bits per heavy atom. The van der Waals surface area contributed by atoms with Crippen LogP contribution in [0.5, 0.6) is 0 Å². The molecule has 1 saturated heterocycles. The summed E-state index contributed by atoms with van der Waals surface area (Å²) in [7, 11) is -0.900. The fraction of sp³-hybridized carbons (Fsp3) is 0.350. The first-order valence-corrected chi connectivity index (χ1v) is 9.19. The van der Waals surface area contributed by atoms with Crippen molar-refractivity contribution in [1.29, 1.82) is 0 Å². The second kappa shape index (κ2) is 7.59. The van der Waals surface area contributed by atoms with E-state index in [2.05, 4.69) is 10.6 Å². The number of amides is 2. The van der Waals surface area contributed by atoms with E-state index in [0.717, 1.165) is 18.2 Å². The number of hydrogen-bond acceptors (Lipinski definition) is 3. The summed E-state index contributed by atoms with van der Waals surface area (Å²) in [5.74, 6) is -0.648. The lowest BCUT2D eigenvalue weighted by Gasteiger charge is -2.32. The van der Waals surface area contributed by atoms with Gasteiger partial charge in [-0.25, -0.2) is 9.18 Å². The lowest BCUT2D eigenvalue weighted by molar-refractivity contribution is -0.137. The van der Waals surface area contributed by atoms with Crippen molar-refractivity contribution in [2.45, 2.75) is 45.1 Å². The van der Waals surface area contributed by atoms with Crippen LogP contribution >= 0.6 is 0 Å². The normalized spacial score (nSPS) is 17.7. The molecule has 0 atom stereocenters. The van der Waals surface area contributed by atoms with E-state index in [1.165, 1.54) is 24.3 Å². The molecule has 10 heteroatoms. The van der Waals surface area contributed by atoms with E-state index in [-0.39, 0.29) is 16.8 Å². The van der Waals surface area contributed by atoms with Crippen LogP contribution in [0.1, 0.15) is 33.3 Å². The summed E-state index contributed by atoms with van der Waals surface area (Å²) in [5, 5.41) is 4.68. The van der Waals surface area contributed by atoms with Gasteiger partial charge in [0.2, 0.25) is 0 Å². The summed E-state index contributed by atoms with van der Waals surface area (Å²) in [6.45, 7) is 7.38. The van der Waals surface area contributed by atoms with Crippen molar-refractivity contribution in [2.24, 2.45) is 0 Å². The highest BCUT2D eigenvalue weighted by atomic mass is 19.4. The van der Waals surface area contributed by atoms with E-state index < -0.39 is 41.9 Å². The van der Waals surface area contributed by atoms with Gasteiger partial charge in [0.25, 0.3) is 0 Å². The molecule has 2 aromatic carbocycles. The van der Waals surface area contributed by atoms with E-state index in [1.54, 1.807) is 0 Å². The fourth-order valence-corrected chi connectivity index (χ4v) is 2.83. The topological polar surface area (TPSA) is 59.6 Å². The van der Waals surface area contributed by atoms with Gasteiger partial charge in [-0.2, -0.15) is 13.2 Å². The van der Waals surface area contributed by atoms with Crippen molar-refractivity contribution in [1.82, 2.24) is 0 Å². The predicted octanol–water partition coefficient (Wildman–Crippen LogP) is 4.79. The van der Waals surface area contributed by atoms with E-state index in [4.69, 9.17) is 9.31 Å².